The normalized spacial score (nSPS) is 28.2. The predicted octanol–water partition coefficient (Wildman–Crippen LogP) is 3.75. The van der Waals surface area contributed by atoms with Crippen LogP contribution in [-0.4, -0.2) is 54.0 Å². The van der Waals surface area contributed by atoms with Gasteiger partial charge in [-0.05, 0) is 38.0 Å². The molecule has 0 bridgehead atoms. The largest absolute Gasteiger partial charge is 0.389 e. The van der Waals surface area contributed by atoms with E-state index in [-0.39, 0.29) is 5.91 Å². The highest BCUT2D eigenvalue weighted by atomic mass is 19.4. The molecular formula is C19H29F3N2O2. The SMILES string of the molecule is O=C(CCC(F)(F)F)N1CC[C@@]2(CCCN(CC3CCCCC3)C2=O)C1. The number of rotatable bonds is 4. The molecule has 0 radical (unpaired) electrons. The second-order valence-corrected chi connectivity index (χ2v) is 8.32. The Morgan fingerprint density at radius 3 is 2.50 bits per heavy atom. The first kappa shape index (κ1) is 19.5. The molecule has 7 heteroatoms. The van der Waals surface area contributed by atoms with Crippen molar-refractivity contribution in [2.24, 2.45) is 11.3 Å². The van der Waals surface area contributed by atoms with Gasteiger partial charge < -0.3 is 9.80 Å². The highest BCUT2D eigenvalue weighted by molar-refractivity contribution is 5.86. The summed E-state index contributed by atoms with van der Waals surface area (Å²) in [4.78, 5) is 28.7. The Hall–Kier alpha value is -1.27. The quantitative estimate of drug-likeness (QED) is 0.752. The van der Waals surface area contributed by atoms with Crippen LogP contribution in [0, 0.1) is 11.3 Å². The molecule has 3 rings (SSSR count). The molecule has 2 aliphatic heterocycles. The Labute approximate surface area is 153 Å². The van der Waals surface area contributed by atoms with Crippen LogP contribution in [0.4, 0.5) is 13.2 Å². The molecule has 0 aromatic heterocycles. The van der Waals surface area contributed by atoms with Crippen LogP contribution in [0.1, 0.15) is 64.2 Å². The number of hydrogen-bond donors (Lipinski definition) is 0. The van der Waals surface area contributed by atoms with Gasteiger partial charge in [-0.25, -0.2) is 0 Å². The van der Waals surface area contributed by atoms with Gasteiger partial charge in [-0.1, -0.05) is 19.3 Å². The average Bonchev–Trinajstić information content (AvgIpc) is 3.02. The van der Waals surface area contributed by atoms with E-state index in [1.807, 2.05) is 4.90 Å². The van der Waals surface area contributed by atoms with Gasteiger partial charge in [0.1, 0.15) is 0 Å². The summed E-state index contributed by atoms with van der Waals surface area (Å²) in [6, 6.07) is 0. The second kappa shape index (κ2) is 7.77. The molecule has 2 saturated heterocycles. The Bertz CT molecular complexity index is 531. The van der Waals surface area contributed by atoms with E-state index in [9.17, 15) is 22.8 Å². The van der Waals surface area contributed by atoms with Crippen LogP contribution in [0.15, 0.2) is 0 Å². The molecular weight excluding hydrogens is 345 g/mol. The van der Waals surface area contributed by atoms with Crippen LogP contribution in [0.2, 0.25) is 0 Å². The monoisotopic (exact) mass is 374 g/mol. The molecule has 1 aliphatic carbocycles. The summed E-state index contributed by atoms with van der Waals surface area (Å²) in [5, 5.41) is 0. The van der Waals surface area contributed by atoms with Gasteiger partial charge in [-0.3, -0.25) is 9.59 Å². The van der Waals surface area contributed by atoms with Crippen LogP contribution >= 0.6 is 0 Å². The zero-order valence-corrected chi connectivity index (χ0v) is 15.3. The topological polar surface area (TPSA) is 40.6 Å². The smallest absolute Gasteiger partial charge is 0.342 e. The average molecular weight is 374 g/mol. The molecule has 3 aliphatic rings. The van der Waals surface area contributed by atoms with Crippen LogP contribution in [0.5, 0.6) is 0 Å². The van der Waals surface area contributed by atoms with Gasteiger partial charge in [-0.15, -0.1) is 0 Å². The molecule has 2 heterocycles. The van der Waals surface area contributed by atoms with Gasteiger partial charge in [0.2, 0.25) is 11.8 Å². The van der Waals surface area contributed by atoms with Crippen molar-refractivity contribution in [3.63, 3.8) is 0 Å². The number of hydrogen-bond acceptors (Lipinski definition) is 2. The number of likely N-dealkylation sites (tertiary alicyclic amines) is 2. The van der Waals surface area contributed by atoms with Crippen molar-refractivity contribution in [2.75, 3.05) is 26.2 Å². The lowest BCUT2D eigenvalue weighted by Crippen LogP contribution is -2.51. The third-order valence-corrected chi connectivity index (χ3v) is 6.36. The summed E-state index contributed by atoms with van der Waals surface area (Å²) in [6.07, 6.45) is 2.45. The van der Waals surface area contributed by atoms with Crippen molar-refractivity contribution >= 4 is 11.8 Å². The van der Waals surface area contributed by atoms with Gasteiger partial charge >= 0.3 is 6.18 Å². The first-order valence-corrected chi connectivity index (χ1v) is 9.93. The fourth-order valence-corrected chi connectivity index (χ4v) is 4.88. The van der Waals surface area contributed by atoms with E-state index in [0.717, 1.165) is 25.9 Å². The van der Waals surface area contributed by atoms with E-state index in [4.69, 9.17) is 0 Å². The number of carbonyl (C=O) groups excluding carboxylic acids is 2. The van der Waals surface area contributed by atoms with E-state index < -0.39 is 30.3 Å². The third-order valence-electron chi connectivity index (χ3n) is 6.36. The van der Waals surface area contributed by atoms with Gasteiger partial charge in [0, 0.05) is 32.6 Å². The molecule has 3 fully saturated rings. The van der Waals surface area contributed by atoms with Crippen molar-refractivity contribution in [1.82, 2.24) is 9.80 Å². The maximum Gasteiger partial charge on any atom is 0.389 e. The van der Waals surface area contributed by atoms with Crippen molar-refractivity contribution in [2.45, 2.75) is 70.4 Å². The second-order valence-electron chi connectivity index (χ2n) is 8.32. The van der Waals surface area contributed by atoms with Crippen molar-refractivity contribution in [3.8, 4) is 0 Å². The van der Waals surface area contributed by atoms with E-state index >= 15 is 0 Å². The van der Waals surface area contributed by atoms with E-state index in [0.29, 0.717) is 25.4 Å². The molecule has 2 amide bonds. The minimum Gasteiger partial charge on any atom is -0.342 e. The Morgan fingerprint density at radius 1 is 1.08 bits per heavy atom. The van der Waals surface area contributed by atoms with Gasteiger partial charge in [0.15, 0.2) is 0 Å². The Morgan fingerprint density at radius 2 is 1.81 bits per heavy atom. The number of amides is 2. The van der Waals surface area contributed by atoms with Crippen LogP contribution in [0.25, 0.3) is 0 Å². The van der Waals surface area contributed by atoms with E-state index in [1.54, 1.807) is 0 Å². The minimum absolute atomic E-state index is 0.125. The molecule has 1 atom stereocenters. The lowest BCUT2D eigenvalue weighted by Gasteiger charge is -2.41. The zero-order chi connectivity index (χ0) is 18.8. The molecule has 0 aromatic carbocycles. The first-order chi connectivity index (χ1) is 12.3. The molecule has 26 heavy (non-hydrogen) atoms. The molecule has 1 saturated carbocycles. The standard InChI is InChI=1S/C19H29F3N2O2/c20-19(21,22)9-7-16(25)24-12-10-18(14-24)8-4-11-23(17(18)26)13-15-5-2-1-3-6-15/h15H,1-14H2/t18-/m0/s1. The van der Waals surface area contributed by atoms with Crippen LogP contribution < -0.4 is 0 Å². The van der Waals surface area contributed by atoms with Gasteiger partial charge in [0.25, 0.3) is 0 Å². The van der Waals surface area contributed by atoms with E-state index in [1.165, 1.54) is 37.0 Å². The lowest BCUT2D eigenvalue weighted by atomic mass is 9.77. The zero-order valence-electron chi connectivity index (χ0n) is 15.3. The number of piperidine rings is 1. The highest BCUT2D eigenvalue weighted by Crippen LogP contribution is 2.41. The van der Waals surface area contributed by atoms with Gasteiger partial charge in [0.05, 0.1) is 11.8 Å². The van der Waals surface area contributed by atoms with Crippen LogP contribution in [-0.2, 0) is 9.59 Å². The fourth-order valence-electron chi connectivity index (χ4n) is 4.88. The summed E-state index contributed by atoms with van der Waals surface area (Å²) in [5.41, 5.74) is -0.555. The number of halogens is 3. The summed E-state index contributed by atoms with van der Waals surface area (Å²) < 4.78 is 37.1. The number of alkyl halides is 3. The van der Waals surface area contributed by atoms with Crippen molar-refractivity contribution < 1.29 is 22.8 Å². The molecule has 0 N–H and O–H groups in total. The minimum atomic E-state index is -4.31. The molecule has 4 nitrogen and oxygen atoms in total. The maximum atomic E-state index is 13.1. The lowest BCUT2D eigenvalue weighted by molar-refractivity contribution is -0.151. The molecule has 0 unspecified atom stereocenters. The maximum absolute atomic E-state index is 13.1. The first-order valence-electron chi connectivity index (χ1n) is 9.93. The van der Waals surface area contributed by atoms with Crippen molar-refractivity contribution in [3.05, 3.63) is 0 Å². The number of nitrogens with zero attached hydrogens (tertiary/aromatic N) is 2. The van der Waals surface area contributed by atoms with Gasteiger partial charge in [-0.2, -0.15) is 13.2 Å². The number of carbonyl (C=O) groups is 2. The molecule has 0 aromatic rings. The van der Waals surface area contributed by atoms with E-state index in [2.05, 4.69) is 0 Å². The summed E-state index contributed by atoms with van der Waals surface area (Å²) in [7, 11) is 0. The summed E-state index contributed by atoms with van der Waals surface area (Å²) >= 11 is 0. The molecule has 1 spiro atoms. The Kier molecular flexibility index (Phi) is 5.82. The molecule has 148 valence electrons. The van der Waals surface area contributed by atoms with Crippen molar-refractivity contribution in [1.29, 1.82) is 0 Å². The summed E-state index contributed by atoms with van der Waals surface area (Å²) in [5.74, 6) is 0.227. The fraction of sp³-hybridized carbons (Fsp3) is 0.895. The van der Waals surface area contributed by atoms with Crippen LogP contribution in [0.3, 0.4) is 0 Å². The highest BCUT2D eigenvalue weighted by Gasteiger charge is 2.49. The predicted molar refractivity (Wildman–Crippen MR) is 91.3 cm³/mol. The summed E-state index contributed by atoms with van der Waals surface area (Å²) in [6.45, 7) is 2.28. The Balaban J connectivity index is 1.57. The third kappa shape index (κ3) is 4.52.